The molecule has 3 aromatic rings. The average Bonchev–Trinajstić information content (AvgIpc) is 2.96. The van der Waals surface area contributed by atoms with Crippen molar-refractivity contribution in [3.05, 3.63) is 75.5 Å². The molecule has 0 bridgehead atoms. The van der Waals surface area contributed by atoms with Crippen molar-refractivity contribution in [2.45, 2.75) is 13.5 Å². The van der Waals surface area contributed by atoms with Crippen LogP contribution >= 0.6 is 23.2 Å². The van der Waals surface area contributed by atoms with Gasteiger partial charge in [-0.3, -0.25) is 4.79 Å². The number of benzene rings is 2. The summed E-state index contributed by atoms with van der Waals surface area (Å²) in [5.41, 5.74) is 2.63. The molecule has 0 saturated heterocycles. The van der Waals surface area contributed by atoms with Gasteiger partial charge in [-0.1, -0.05) is 46.6 Å². The summed E-state index contributed by atoms with van der Waals surface area (Å²) in [5.74, 6) is -0.282. The van der Waals surface area contributed by atoms with Gasteiger partial charge in [-0.05, 0) is 42.8 Å². The molecule has 0 saturated carbocycles. The molecule has 2 aromatic carbocycles. The zero-order chi connectivity index (χ0) is 17.1. The highest BCUT2D eigenvalue weighted by Gasteiger charge is 2.17. The smallest absolute Gasteiger partial charge is 0.274 e. The minimum absolute atomic E-state index is 0.281. The minimum Gasteiger partial charge on any atom is -0.347 e. The number of hydrogen-bond donors (Lipinski definition) is 1. The van der Waals surface area contributed by atoms with E-state index in [0.717, 1.165) is 11.3 Å². The van der Waals surface area contributed by atoms with Gasteiger partial charge in [0.2, 0.25) is 0 Å². The molecule has 0 spiro atoms. The Hall–Kier alpha value is -2.37. The summed E-state index contributed by atoms with van der Waals surface area (Å²) in [5, 5.41) is 12.1. The Bertz CT molecular complexity index is 875. The van der Waals surface area contributed by atoms with Crippen LogP contribution in [0.1, 0.15) is 21.7 Å². The third-order valence-corrected chi connectivity index (χ3v) is 4.02. The fourth-order valence-electron chi connectivity index (χ4n) is 2.26. The Morgan fingerprint density at radius 3 is 2.58 bits per heavy atom. The maximum Gasteiger partial charge on any atom is 0.274 e. The van der Waals surface area contributed by atoms with Gasteiger partial charge in [-0.25, -0.2) is 4.68 Å². The van der Waals surface area contributed by atoms with Crippen LogP contribution in [0.15, 0.2) is 48.5 Å². The first kappa shape index (κ1) is 16.5. The third kappa shape index (κ3) is 3.58. The van der Waals surface area contributed by atoms with E-state index in [2.05, 4.69) is 15.6 Å². The van der Waals surface area contributed by atoms with Gasteiger partial charge in [0, 0.05) is 16.6 Å². The number of aromatic nitrogens is 3. The Balaban J connectivity index is 1.75. The summed E-state index contributed by atoms with van der Waals surface area (Å²) in [6.45, 7) is 2.18. The van der Waals surface area contributed by atoms with Crippen molar-refractivity contribution in [3.8, 4) is 5.69 Å². The van der Waals surface area contributed by atoms with Crippen LogP contribution in [0.2, 0.25) is 10.0 Å². The Morgan fingerprint density at radius 1 is 1.12 bits per heavy atom. The molecule has 1 N–H and O–H groups in total. The zero-order valence-corrected chi connectivity index (χ0v) is 14.3. The minimum atomic E-state index is -0.282. The molecule has 7 heteroatoms. The van der Waals surface area contributed by atoms with E-state index in [9.17, 15) is 4.79 Å². The molecular formula is C17H14Cl2N4O. The fraction of sp³-hybridized carbons (Fsp3) is 0.118. The maximum absolute atomic E-state index is 12.3. The normalized spacial score (nSPS) is 10.6. The van der Waals surface area contributed by atoms with E-state index in [1.165, 1.54) is 0 Å². The highest BCUT2D eigenvalue weighted by Crippen LogP contribution is 2.17. The molecule has 1 aromatic heterocycles. The van der Waals surface area contributed by atoms with Crippen LogP contribution in [0, 0.1) is 6.92 Å². The fourth-order valence-corrected chi connectivity index (χ4v) is 2.57. The number of amides is 1. The predicted molar refractivity (Wildman–Crippen MR) is 93.7 cm³/mol. The lowest BCUT2D eigenvalue weighted by atomic mass is 10.2. The van der Waals surface area contributed by atoms with Crippen molar-refractivity contribution < 1.29 is 4.79 Å². The summed E-state index contributed by atoms with van der Waals surface area (Å²) in [6, 6.07) is 14.5. The molecule has 0 atom stereocenters. The summed E-state index contributed by atoms with van der Waals surface area (Å²) >= 11 is 11.8. The Morgan fingerprint density at radius 2 is 1.88 bits per heavy atom. The Labute approximate surface area is 149 Å². The molecule has 0 fully saturated rings. The molecule has 0 aliphatic rings. The van der Waals surface area contributed by atoms with Gasteiger partial charge >= 0.3 is 0 Å². The van der Waals surface area contributed by atoms with Gasteiger partial charge in [-0.15, -0.1) is 5.10 Å². The summed E-state index contributed by atoms with van der Waals surface area (Å²) in [7, 11) is 0. The van der Waals surface area contributed by atoms with Crippen LogP contribution in [0.3, 0.4) is 0 Å². The summed E-state index contributed by atoms with van der Waals surface area (Å²) in [6.07, 6.45) is 0. The van der Waals surface area contributed by atoms with Crippen molar-refractivity contribution in [3.63, 3.8) is 0 Å². The molecule has 0 aliphatic heterocycles. The molecule has 0 unspecified atom stereocenters. The standard InChI is InChI=1S/C17H14Cl2N4O/c1-11-16(17(24)20-10-12-5-7-13(18)8-6-12)21-22-23(11)15-4-2-3-14(19)9-15/h2-9H,10H2,1H3,(H,20,24). The van der Waals surface area contributed by atoms with E-state index in [1.54, 1.807) is 35.9 Å². The molecule has 122 valence electrons. The average molecular weight is 361 g/mol. The highest BCUT2D eigenvalue weighted by atomic mass is 35.5. The molecule has 1 heterocycles. The van der Waals surface area contributed by atoms with Gasteiger partial charge in [-0.2, -0.15) is 0 Å². The van der Waals surface area contributed by atoms with Crippen LogP contribution in [0.25, 0.3) is 5.69 Å². The van der Waals surface area contributed by atoms with Crippen LogP contribution < -0.4 is 5.32 Å². The topological polar surface area (TPSA) is 59.8 Å². The van der Waals surface area contributed by atoms with Gasteiger partial charge in [0.1, 0.15) is 0 Å². The number of rotatable bonds is 4. The SMILES string of the molecule is Cc1c(C(=O)NCc2ccc(Cl)cc2)nnn1-c1cccc(Cl)c1. The number of nitrogens with zero attached hydrogens (tertiary/aromatic N) is 3. The number of nitrogens with one attached hydrogen (secondary N) is 1. The Kier molecular flexibility index (Phi) is 4.83. The van der Waals surface area contributed by atoms with E-state index in [-0.39, 0.29) is 11.6 Å². The van der Waals surface area contributed by atoms with Gasteiger partial charge in [0.05, 0.1) is 11.4 Å². The first-order valence-corrected chi connectivity index (χ1v) is 8.01. The molecule has 0 radical (unpaired) electrons. The monoisotopic (exact) mass is 360 g/mol. The van der Waals surface area contributed by atoms with Gasteiger partial charge < -0.3 is 5.32 Å². The second kappa shape index (κ2) is 7.03. The molecule has 3 rings (SSSR count). The molecular weight excluding hydrogens is 347 g/mol. The first-order valence-electron chi connectivity index (χ1n) is 7.25. The van der Waals surface area contributed by atoms with Crippen LogP contribution in [0.4, 0.5) is 0 Å². The van der Waals surface area contributed by atoms with Crippen LogP contribution in [-0.4, -0.2) is 20.9 Å². The number of carbonyl (C=O) groups excluding carboxylic acids is 1. The molecule has 0 aliphatic carbocycles. The van der Waals surface area contributed by atoms with E-state index in [1.807, 2.05) is 24.3 Å². The summed E-state index contributed by atoms with van der Waals surface area (Å²) in [4.78, 5) is 12.3. The molecule has 24 heavy (non-hydrogen) atoms. The van der Waals surface area contributed by atoms with Crippen molar-refractivity contribution in [2.24, 2.45) is 0 Å². The van der Waals surface area contributed by atoms with Crippen LogP contribution in [0.5, 0.6) is 0 Å². The molecule has 5 nitrogen and oxygen atoms in total. The van der Waals surface area contributed by atoms with E-state index < -0.39 is 0 Å². The second-order valence-corrected chi connectivity index (χ2v) is 6.10. The zero-order valence-electron chi connectivity index (χ0n) is 12.8. The third-order valence-electron chi connectivity index (χ3n) is 3.53. The number of halogens is 2. The van der Waals surface area contributed by atoms with E-state index in [4.69, 9.17) is 23.2 Å². The maximum atomic E-state index is 12.3. The highest BCUT2D eigenvalue weighted by molar-refractivity contribution is 6.30. The largest absolute Gasteiger partial charge is 0.347 e. The number of hydrogen-bond acceptors (Lipinski definition) is 3. The lowest BCUT2D eigenvalue weighted by molar-refractivity contribution is 0.0945. The lowest BCUT2D eigenvalue weighted by Crippen LogP contribution is -2.24. The van der Waals surface area contributed by atoms with E-state index >= 15 is 0 Å². The molecule has 1 amide bonds. The van der Waals surface area contributed by atoms with Crippen molar-refractivity contribution in [1.82, 2.24) is 20.3 Å². The van der Waals surface area contributed by atoms with Crippen molar-refractivity contribution >= 4 is 29.1 Å². The quantitative estimate of drug-likeness (QED) is 0.769. The predicted octanol–water partition coefficient (Wildman–Crippen LogP) is 3.81. The van der Waals surface area contributed by atoms with E-state index in [0.29, 0.717) is 22.3 Å². The van der Waals surface area contributed by atoms with Crippen LogP contribution in [-0.2, 0) is 6.54 Å². The van der Waals surface area contributed by atoms with Gasteiger partial charge in [0.25, 0.3) is 5.91 Å². The van der Waals surface area contributed by atoms with Crippen molar-refractivity contribution in [2.75, 3.05) is 0 Å². The van der Waals surface area contributed by atoms with Gasteiger partial charge in [0.15, 0.2) is 5.69 Å². The van der Waals surface area contributed by atoms with Crippen molar-refractivity contribution in [1.29, 1.82) is 0 Å². The second-order valence-electron chi connectivity index (χ2n) is 5.22. The first-order chi connectivity index (χ1) is 11.5. The summed E-state index contributed by atoms with van der Waals surface area (Å²) < 4.78 is 1.59. The number of carbonyl (C=O) groups is 1. The lowest BCUT2D eigenvalue weighted by Gasteiger charge is -2.06.